The smallest absolute Gasteiger partial charge is 0.261 e. The molecule has 0 radical (unpaired) electrons. The number of hydrogen-bond donors (Lipinski definition) is 0. The SMILES string of the molecule is C#CCN(CC1CC1)C(=O)c1ccc2c(=O)n3c(nc2c1)CCCCCC3. The molecular formula is C22H25N3O2. The van der Waals surface area contributed by atoms with Crippen molar-refractivity contribution in [2.24, 2.45) is 5.92 Å². The molecule has 1 aliphatic carbocycles. The minimum Gasteiger partial charge on any atom is -0.327 e. The number of rotatable bonds is 4. The van der Waals surface area contributed by atoms with Gasteiger partial charge in [0.15, 0.2) is 0 Å². The van der Waals surface area contributed by atoms with E-state index in [0.717, 1.165) is 50.9 Å². The lowest BCUT2D eigenvalue weighted by Gasteiger charge is -2.20. The van der Waals surface area contributed by atoms with Crippen molar-refractivity contribution in [2.75, 3.05) is 13.1 Å². The maximum Gasteiger partial charge on any atom is 0.261 e. The van der Waals surface area contributed by atoms with Crippen molar-refractivity contribution in [1.82, 2.24) is 14.5 Å². The third-order valence-electron chi connectivity index (χ3n) is 5.56. The molecule has 0 saturated heterocycles. The molecule has 0 N–H and O–H groups in total. The first kappa shape index (κ1) is 17.8. The van der Waals surface area contributed by atoms with Crippen LogP contribution in [-0.4, -0.2) is 33.4 Å². The van der Waals surface area contributed by atoms with Crippen LogP contribution >= 0.6 is 0 Å². The third kappa shape index (κ3) is 3.75. The quantitative estimate of drug-likeness (QED) is 0.785. The molecule has 1 aromatic heterocycles. The summed E-state index contributed by atoms with van der Waals surface area (Å²) in [6.45, 7) is 1.75. The maximum absolute atomic E-state index is 12.9. The lowest BCUT2D eigenvalue weighted by Crippen LogP contribution is -2.33. The minimum absolute atomic E-state index is 0.00867. The van der Waals surface area contributed by atoms with Crippen LogP contribution in [0.4, 0.5) is 0 Å². The molecule has 27 heavy (non-hydrogen) atoms. The summed E-state index contributed by atoms with van der Waals surface area (Å²) >= 11 is 0. The van der Waals surface area contributed by atoms with Crippen LogP contribution in [0.2, 0.25) is 0 Å². The summed E-state index contributed by atoms with van der Waals surface area (Å²) < 4.78 is 1.82. The molecule has 2 aliphatic rings. The normalized spacial score (nSPS) is 16.9. The van der Waals surface area contributed by atoms with Gasteiger partial charge < -0.3 is 4.90 Å². The van der Waals surface area contributed by atoms with Gasteiger partial charge in [0, 0.05) is 25.1 Å². The van der Waals surface area contributed by atoms with Crippen LogP contribution in [0.3, 0.4) is 0 Å². The first-order valence-electron chi connectivity index (χ1n) is 9.93. The van der Waals surface area contributed by atoms with Crippen LogP contribution in [0.15, 0.2) is 23.0 Å². The second-order valence-electron chi connectivity index (χ2n) is 7.71. The zero-order valence-corrected chi connectivity index (χ0v) is 15.6. The zero-order chi connectivity index (χ0) is 18.8. The number of benzene rings is 1. The van der Waals surface area contributed by atoms with Gasteiger partial charge in [-0.2, -0.15) is 0 Å². The number of nitrogens with zero attached hydrogens (tertiary/aromatic N) is 3. The van der Waals surface area contributed by atoms with Gasteiger partial charge in [-0.25, -0.2) is 4.98 Å². The van der Waals surface area contributed by atoms with Crippen LogP contribution in [0.1, 0.15) is 54.7 Å². The van der Waals surface area contributed by atoms with Crippen molar-refractivity contribution in [3.05, 3.63) is 39.9 Å². The van der Waals surface area contributed by atoms with E-state index in [0.29, 0.717) is 35.5 Å². The molecule has 0 bridgehead atoms. The van der Waals surface area contributed by atoms with E-state index in [-0.39, 0.29) is 11.5 Å². The van der Waals surface area contributed by atoms with E-state index in [2.05, 4.69) is 5.92 Å². The number of hydrogen-bond acceptors (Lipinski definition) is 3. The number of carbonyl (C=O) groups is 1. The van der Waals surface area contributed by atoms with Crippen molar-refractivity contribution in [1.29, 1.82) is 0 Å². The van der Waals surface area contributed by atoms with Crippen LogP contribution in [0, 0.1) is 18.3 Å². The average molecular weight is 363 g/mol. The van der Waals surface area contributed by atoms with Crippen molar-refractivity contribution in [3.8, 4) is 12.3 Å². The fourth-order valence-electron chi connectivity index (χ4n) is 3.85. The summed E-state index contributed by atoms with van der Waals surface area (Å²) in [4.78, 5) is 32.3. The van der Waals surface area contributed by atoms with Crippen LogP contribution < -0.4 is 5.56 Å². The molecule has 0 atom stereocenters. The molecule has 5 heteroatoms. The van der Waals surface area contributed by atoms with Gasteiger partial charge in [0.05, 0.1) is 17.4 Å². The highest BCUT2D eigenvalue weighted by atomic mass is 16.2. The number of aryl methyl sites for hydroxylation is 1. The Morgan fingerprint density at radius 2 is 2.07 bits per heavy atom. The standard InChI is InChI=1S/C22H25N3O2/c1-2-12-24(15-16-8-9-16)21(26)17-10-11-18-19(14-17)23-20-7-5-3-4-6-13-25(20)22(18)27/h1,10-11,14,16H,3-9,12-13,15H2. The molecule has 1 amide bonds. The van der Waals surface area contributed by atoms with Crippen LogP contribution in [0.5, 0.6) is 0 Å². The number of terminal acetylenes is 1. The Morgan fingerprint density at radius 3 is 2.85 bits per heavy atom. The number of aromatic nitrogens is 2. The molecule has 2 aromatic rings. The molecular weight excluding hydrogens is 338 g/mol. The third-order valence-corrected chi connectivity index (χ3v) is 5.56. The first-order chi connectivity index (χ1) is 13.2. The second-order valence-corrected chi connectivity index (χ2v) is 7.71. The predicted molar refractivity (Wildman–Crippen MR) is 106 cm³/mol. The molecule has 1 aromatic carbocycles. The van der Waals surface area contributed by atoms with E-state index < -0.39 is 0 Å². The topological polar surface area (TPSA) is 55.2 Å². The van der Waals surface area contributed by atoms with Gasteiger partial charge in [-0.15, -0.1) is 6.42 Å². The van der Waals surface area contributed by atoms with Gasteiger partial charge in [0.1, 0.15) is 5.82 Å². The Balaban J connectivity index is 1.70. The van der Waals surface area contributed by atoms with E-state index in [1.54, 1.807) is 23.1 Å². The van der Waals surface area contributed by atoms with Gasteiger partial charge in [-0.05, 0) is 49.8 Å². The van der Waals surface area contributed by atoms with E-state index in [1.165, 1.54) is 6.42 Å². The average Bonchev–Trinajstić information content (AvgIpc) is 3.46. The Labute approximate surface area is 159 Å². The molecule has 0 unspecified atom stereocenters. The Kier molecular flexibility index (Phi) is 4.98. The minimum atomic E-state index is -0.0737. The van der Waals surface area contributed by atoms with E-state index in [1.807, 2.05) is 4.57 Å². The van der Waals surface area contributed by atoms with Crippen molar-refractivity contribution < 1.29 is 4.79 Å². The van der Waals surface area contributed by atoms with E-state index >= 15 is 0 Å². The highest BCUT2D eigenvalue weighted by molar-refractivity contribution is 5.97. The number of fused-ring (bicyclic) bond motifs is 2. The Morgan fingerprint density at radius 1 is 1.26 bits per heavy atom. The molecule has 4 rings (SSSR count). The molecule has 1 aliphatic heterocycles. The molecule has 140 valence electrons. The summed E-state index contributed by atoms with van der Waals surface area (Å²) in [5.74, 6) is 3.93. The summed E-state index contributed by atoms with van der Waals surface area (Å²) in [5, 5.41) is 0.585. The largest absolute Gasteiger partial charge is 0.327 e. The zero-order valence-electron chi connectivity index (χ0n) is 15.6. The lowest BCUT2D eigenvalue weighted by atomic mass is 10.1. The predicted octanol–water partition coefficient (Wildman–Crippen LogP) is 3.00. The summed E-state index contributed by atoms with van der Waals surface area (Å²) in [7, 11) is 0. The van der Waals surface area contributed by atoms with E-state index in [9.17, 15) is 9.59 Å². The molecule has 1 saturated carbocycles. The van der Waals surface area contributed by atoms with Gasteiger partial charge in [0.25, 0.3) is 11.5 Å². The number of carbonyl (C=O) groups excluding carboxylic acids is 1. The fourth-order valence-corrected chi connectivity index (χ4v) is 3.85. The highest BCUT2D eigenvalue weighted by Crippen LogP contribution is 2.30. The molecule has 0 spiro atoms. The van der Waals surface area contributed by atoms with Crippen LogP contribution in [-0.2, 0) is 13.0 Å². The Hall–Kier alpha value is -2.61. The van der Waals surface area contributed by atoms with Gasteiger partial charge >= 0.3 is 0 Å². The summed E-state index contributed by atoms with van der Waals surface area (Å²) in [6.07, 6.45) is 13.0. The van der Waals surface area contributed by atoms with Gasteiger partial charge in [-0.1, -0.05) is 18.8 Å². The summed E-state index contributed by atoms with van der Waals surface area (Å²) in [6, 6.07) is 5.24. The maximum atomic E-state index is 12.9. The number of amides is 1. The second kappa shape index (κ2) is 7.56. The van der Waals surface area contributed by atoms with Gasteiger partial charge in [0.2, 0.25) is 0 Å². The fraction of sp³-hybridized carbons (Fsp3) is 0.500. The summed E-state index contributed by atoms with van der Waals surface area (Å²) in [5.41, 5.74) is 1.18. The highest BCUT2D eigenvalue weighted by Gasteiger charge is 2.27. The lowest BCUT2D eigenvalue weighted by molar-refractivity contribution is 0.0770. The monoisotopic (exact) mass is 363 g/mol. The van der Waals surface area contributed by atoms with Crippen molar-refractivity contribution in [3.63, 3.8) is 0 Å². The first-order valence-corrected chi connectivity index (χ1v) is 9.93. The van der Waals surface area contributed by atoms with Crippen molar-refractivity contribution >= 4 is 16.8 Å². The molecule has 2 heterocycles. The molecule has 5 nitrogen and oxygen atoms in total. The van der Waals surface area contributed by atoms with Crippen LogP contribution in [0.25, 0.3) is 10.9 Å². The molecule has 1 fully saturated rings. The Bertz CT molecular complexity index is 966. The van der Waals surface area contributed by atoms with Gasteiger partial charge in [-0.3, -0.25) is 14.2 Å². The van der Waals surface area contributed by atoms with E-state index in [4.69, 9.17) is 11.4 Å². The van der Waals surface area contributed by atoms with Crippen molar-refractivity contribution in [2.45, 2.75) is 51.5 Å².